The van der Waals surface area contributed by atoms with Crippen LogP contribution in [0.4, 0.5) is 8.78 Å². The third kappa shape index (κ3) is 5.00. The topological polar surface area (TPSA) is 48.4 Å². The van der Waals surface area contributed by atoms with Crippen molar-refractivity contribution in [1.82, 2.24) is 4.98 Å². The van der Waals surface area contributed by atoms with Gasteiger partial charge in [-0.3, -0.25) is 4.98 Å². The summed E-state index contributed by atoms with van der Waals surface area (Å²) in [4.78, 5) is 16.1. The van der Waals surface area contributed by atoms with Crippen LogP contribution in [-0.2, 0) is 16.0 Å². The van der Waals surface area contributed by atoms with E-state index in [-0.39, 0.29) is 11.2 Å². The molecule has 0 fully saturated rings. The van der Waals surface area contributed by atoms with Crippen molar-refractivity contribution in [1.29, 1.82) is 0 Å². The van der Waals surface area contributed by atoms with Gasteiger partial charge < -0.3 is 9.47 Å². The first-order valence-electron chi connectivity index (χ1n) is 8.41. The van der Waals surface area contributed by atoms with Gasteiger partial charge in [0.05, 0.1) is 6.61 Å². The number of fused-ring (bicyclic) bond motifs is 1. The molecule has 0 saturated carbocycles. The second-order valence-electron chi connectivity index (χ2n) is 6.85. The van der Waals surface area contributed by atoms with Crippen LogP contribution in [0.15, 0.2) is 42.1 Å². The van der Waals surface area contributed by atoms with E-state index >= 15 is 0 Å². The number of carbonyl (C=O) groups excluding carboxylic acids is 1. The van der Waals surface area contributed by atoms with Gasteiger partial charge in [0.2, 0.25) is 0 Å². The van der Waals surface area contributed by atoms with Crippen molar-refractivity contribution < 1.29 is 23.0 Å². The number of carbonyl (C=O) groups is 1. The molecule has 1 aromatic carbocycles. The van der Waals surface area contributed by atoms with E-state index in [1.807, 2.05) is 20.8 Å². The maximum atomic E-state index is 12.6. The summed E-state index contributed by atoms with van der Waals surface area (Å²) in [6, 6.07) is 6.76. The molecule has 0 spiro atoms. The molecule has 1 heterocycles. The number of rotatable bonds is 6. The zero-order valence-corrected chi connectivity index (χ0v) is 15.4. The van der Waals surface area contributed by atoms with Crippen LogP contribution >= 0.6 is 0 Å². The lowest BCUT2D eigenvalue weighted by Gasteiger charge is -2.24. The van der Waals surface area contributed by atoms with Crippen molar-refractivity contribution in [3.8, 4) is 5.75 Å². The molecule has 1 aromatic heterocycles. The Morgan fingerprint density at radius 3 is 2.62 bits per heavy atom. The Morgan fingerprint density at radius 2 is 2.00 bits per heavy atom. The van der Waals surface area contributed by atoms with Crippen LogP contribution in [0.25, 0.3) is 10.9 Å². The smallest absolute Gasteiger partial charge is 0.387 e. The molecule has 26 heavy (non-hydrogen) atoms. The molecule has 0 aliphatic carbocycles. The Morgan fingerprint density at radius 1 is 1.27 bits per heavy atom. The molecule has 0 atom stereocenters. The highest BCUT2D eigenvalue weighted by Crippen LogP contribution is 2.33. The Bertz CT molecular complexity index is 810. The number of hydrogen-bond acceptors (Lipinski definition) is 4. The van der Waals surface area contributed by atoms with Crippen LogP contribution in [0.1, 0.15) is 33.3 Å². The second kappa shape index (κ2) is 8.25. The monoisotopic (exact) mass is 363 g/mol. The van der Waals surface area contributed by atoms with Crippen LogP contribution in [0.2, 0.25) is 0 Å². The molecule has 2 rings (SSSR count). The van der Waals surface area contributed by atoms with E-state index in [1.54, 1.807) is 25.1 Å². The number of ether oxygens (including phenoxy) is 2. The van der Waals surface area contributed by atoms with Gasteiger partial charge >= 0.3 is 12.6 Å². The fraction of sp³-hybridized carbons (Fsp3) is 0.400. The average Bonchev–Trinajstić information content (AvgIpc) is 2.55. The highest BCUT2D eigenvalue weighted by Gasteiger charge is 2.21. The molecule has 0 bridgehead atoms. The number of hydrogen-bond donors (Lipinski definition) is 0. The first-order valence-corrected chi connectivity index (χ1v) is 8.41. The van der Waals surface area contributed by atoms with Crippen molar-refractivity contribution in [2.24, 2.45) is 5.41 Å². The highest BCUT2D eigenvalue weighted by molar-refractivity contribution is 5.88. The Hall–Kier alpha value is -2.50. The van der Waals surface area contributed by atoms with Crippen molar-refractivity contribution >= 4 is 16.9 Å². The number of halogens is 2. The van der Waals surface area contributed by atoms with Gasteiger partial charge in [-0.1, -0.05) is 38.5 Å². The predicted molar refractivity (Wildman–Crippen MR) is 96.3 cm³/mol. The van der Waals surface area contributed by atoms with Gasteiger partial charge in [-0.25, -0.2) is 4.79 Å². The molecule has 140 valence electrons. The van der Waals surface area contributed by atoms with Crippen LogP contribution < -0.4 is 4.74 Å². The zero-order valence-electron chi connectivity index (χ0n) is 15.4. The summed E-state index contributed by atoms with van der Waals surface area (Å²) < 4.78 is 34.8. The molecule has 2 aromatic rings. The molecular formula is C20H23F2NO3. The van der Waals surface area contributed by atoms with Gasteiger partial charge in [0.1, 0.15) is 5.52 Å². The largest absolute Gasteiger partial charge is 0.463 e. The zero-order chi connectivity index (χ0) is 19.3. The van der Waals surface area contributed by atoms with Crippen molar-refractivity contribution in [3.05, 3.63) is 47.7 Å². The van der Waals surface area contributed by atoms with E-state index in [4.69, 9.17) is 4.74 Å². The summed E-state index contributed by atoms with van der Waals surface area (Å²) in [5.74, 6) is -0.358. The lowest BCUT2D eigenvalue weighted by atomic mass is 9.82. The van der Waals surface area contributed by atoms with Crippen molar-refractivity contribution in [3.63, 3.8) is 0 Å². The number of nitrogens with zero attached hydrogens (tertiary/aromatic N) is 1. The van der Waals surface area contributed by atoms with E-state index in [0.29, 0.717) is 23.9 Å². The molecule has 0 saturated heterocycles. The molecule has 0 aliphatic heterocycles. The fourth-order valence-corrected chi connectivity index (χ4v) is 2.62. The van der Waals surface area contributed by atoms with Crippen LogP contribution in [0.5, 0.6) is 5.75 Å². The van der Waals surface area contributed by atoms with Gasteiger partial charge in [0.25, 0.3) is 0 Å². The number of aromatic nitrogens is 1. The molecule has 0 N–H and O–H groups in total. The number of pyridine rings is 1. The summed E-state index contributed by atoms with van der Waals surface area (Å²) in [6.07, 6.45) is 3.51. The maximum Gasteiger partial charge on any atom is 0.387 e. The summed E-state index contributed by atoms with van der Waals surface area (Å²) in [7, 11) is 0. The molecule has 4 nitrogen and oxygen atoms in total. The molecular weight excluding hydrogens is 340 g/mol. The summed E-state index contributed by atoms with van der Waals surface area (Å²) in [6.45, 7) is 5.16. The van der Waals surface area contributed by atoms with Crippen LogP contribution in [0, 0.1) is 5.41 Å². The minimum Gasteiger partial charge on any atom is -0.463 e. The summed E-state index contributed by atoms with van der Waals surface area (Å²) >= 11 is 0. The number of allylic oxidation sites excluding steroid dienone is 1. The van der Waals surface area contributed by atoms with E-state index in [0.717, 1.165) is 11.1 Å². The van der Waals surface area contributed by atoms with Gasteiger partial charge in [0.15, 0.2) is 5.75 Å². The second-order valence-corrected chi connectivity index (χ2v) is 6.85. The van der Waals surface area contributed by atoms with Gasteiger partial charge in [-0.2, -0.15) is 8.78 Å². The lowest BCUT2D eigenvalue weighted by Crippen LogP contribution is -2.15. The van der Waals surface area contributed by atoms with E-state index < -0.39 is 12.6 Å². The average molecular weight is 363 g/mol. The first-order chi connectivity index (χ1) is 12.2. The Labute approximate surface area is 151 Å². The number of esters is 1. The standard InChI is InChI=1S/C20H23F2NO3/c1-5-25-17(24)12-14(20(2,3)4)11-13-8-9-16(26-19(21)22)18-15(13)7-6-10-23-18/h6-10,12,19H,5,11H2,1-4H3/b14-12-. The predicted octanol–water partition coefficient (Wildman–Crippen LogP) is 4.91. The third-order valence-corrected chi connectivity index (χ3v) is 3.96. The molecule has 0 radical (unpaired) electrons. The van der Waals surface area contributed by atoms with Gasteiger partial charge in [0, 0.05) is 17.7 Å². The molecule has 0 amide bonds. The molecule has 0 unspecified atom stereocenters. The normalized spacial score (nSPS) is 12.5. The summed E-state index contributed by atoms with van der Waals surface area (Å²) in [5, 5.41) is 0.713. The molecule has 0 aliphatic rings. The van der Waals surface area contributed by atoms with E-state index in [2.05, 4.69) is 9.72 Å². The number of alkyl halides is 2. The Balaban J connectivity index is 2.47. The van der Waals surface area contributed by atoms with Crippen molar-refractivity contribution in [2.45, 2.75) is 40.7 Å². The van der Waals surface area contributed by atoms with Crippen LogP contribution in [0.3, 0.4) is 0 Å². The maximum absolute atomic E-state index is 12.6. The van der Waals surface area contributed by atoms with Gasteiger partial charge in [-0.15, -0.1) is 0 Å². The van der Waals surface area contributed by atoms with E-state index in [1.165, 1.54) is 18.3 Å². The van der Waals surface area contributed by atoms with Crippen molar-refractivity contribution in [2.75, 3.05) is 6.61 Å². The highest BCUT2D eigenvalue weighted by atomic mass is 19.3. The van der Waals surface area contributed by atoms with Crippen LogP contribution in [-0.4, -0.2) is 24.2 Å². The van der Waals surface area contributed by atoms with Gasteiger partial charge in [-0.05, 0) is 36.5 Å². The summed E-state index contributed by atoms with van der Waals surface area (Å²) in [5.41, 5.74) is 1.86. The van der Waals surface area contributed by atoms with E-state index in [9.17, 15) is 13.6 Å². The first kappa shape index (κ1) is 19.8. The minimum atomic E-state index is -2.92. The fourth-order valence-electron chi connectivity index (χ4n) is 2.62. The minimum absolute atomic E-state index is 0.0334. The quantitative estimate of drug-likeness (QED) is 0.540. The number of benzene rings is 1. The lowest BCUT2D eigenvalue weighted by molar-refractivity contribution is -0.137. The Kier molecular flexibility index (Phi) is 6.29. The SMILES string of the molecule is CCOC(=O)/C=C(/Cc1ccc(OC(F)F)c2ncccc12)C(C)(C)C. The third-order valence-electron chi connectivity index (χ3n) is 3.96. The molecule has 6 heteroatoms.